The first-order valence-electron chi connectivity index (χ1n) is 5.56. The third kappa shape index (κ3) is 3.88. The van der Waals surface area contributed by atoms with Gasteiger partial charge < -0.3 is 5.11 Å². The number of hydrogen-bond donors (Lipinski definition) is 1. The number of carboxylic acids is 1. The van der Waals surface area contributed by atoms with E-state index in [-0.39, 0.29) is 5.56 Å². The maximum atomic E-state index is 13.3. The number of carbonyl (C=O) groups is 1. The average Bonchev–Trinajstić information content (AvgIpc) is 2.39. The molecule has 0 unspecified atom stereocenters. The summed E-state index contributed by atoms with van der Waals surface area (Å²) in [7, 11) is 0. The molecule has 0 saturated heterocycles. The Morgan fingerprint density at radius 3 is 2.55 bits per heavy atom. The van der Waals surface area contributed by atoms with E-state index >= 15 is 0 Å². The quantitative estimate of drug-likeness (QED) is 0.790. The van der Waals surface area contributed by atoms with Gasteiger partial charge in [0.2, 0.25) is 0 Å². The number of thioether (sulfide) groups is 1. The van der Waals surface area contributed by atoms with Gasteiger partial charge in [-0.15, -0.1) is 11.8 Å². The first-order chi connectivity index (χ1) is 9.45. The van der Waals surface area contributed by atoms with Gasteiger partial charge in [-0.2, -0.15) is 0 Å². The number of carboxylic acid groups (broad SMARTS) is 1. The molecule has 0 atom stereocenters. The summed E-state index contributed by atoms with van der Waals surface area (Å²) in [5, 5.41) is 9.79. The smallest absolute Gasteiger partial charge is 0.335 e. The van der Waals surface area contributed by atoms with Crippen LogP contribution in [0.4, 0.5) is 4.39 Å². The second-order valence-electron chi connectivity index (χ2n) is 4.02. The molecular formula is C14H9Cl2FO2S. The van der Waals surface area contributed by atoms with Gasteiger partial charge in [0.15, 0.2) is 0 Å². The van der Waals surface area contributed by atoms with Gasteiger partial charge in [-0.05, 0) is 42.0 Å². The summed E-state index contributed by atoms with van der Waals surface area (Å²) in [6.07, 6.45) is 0. The number of benzene rings is 2. The lowest BCUT2D eigenvalue weighted by Crippen LogP contribution is -1.98. The lowest BCUT2D eigenvalue weighted by molar-refractivity contribution is 0.0696. The molecule has 0 aliphatic carbocycles. The maximum Gasteiger partial charge on any atom is 0.335 e. The molecule has 0 aliphatic rings. The molecule has 104 valence electrons. The molecular weight excluding hydrogens is 322 g/mol. The summed E-state index contributed by atoms with van der Waals surface area (Å²) in [4.78, 5) is 11.7. The van der Waals surface area contributed by atoms with Gasteiger partial charge in [-0.3, -0.25) is 0 Å². The highest BCUT2D eigenvalue weighted by Gasteiger charge is 2.08. The van der Waals surface area contributed by atoms with Crippen molar-refractivity contribution in [3.8, 4) is 0 Å². The highest BCUT2D eigenvalue weighted by Crippen LogP contribution is 2.30. The first kappa shape index (κ1) is 15.2. The monoisotopic (exact) mass is 330 g/mol. The molecule has 0 amide bonds. The Morgan fingerprint density at radius 2 is 1.90 bits per heavy atom. The highest BCUT2D eigenvalue weighted by atomic mass is 35.5. The summed E-state index contributed by atoms with van der Waals surface area (Å²) in [5.74, 6) is -1.27. The fourth-order valence-corrected chi connectivity index (χ4v) is 2.82. The van der Waals surface area contributed by atoms with E-state index in [1.165, 1.54) is 23.9 Å². The van der Waals surface area contributed by atoms with Gasteiger partial charge in [0, 0.05) is 10.6 Å². The molecule has 0 spiro atoms. The van der Waals surface area contributed by atoms with Gasteiger partial charge in [-0.25, -0.2) is 9.18 Å². The Bertz CT molecular complexity index is 662. The SMILES string of the molecule is O=C(O)c1cc(F)cc(CSc2ccc(Cl)c(Cl)c2)c1. The van der Waals surface area contributed by atoms with Crippen LogP contribution in [0.2, 0.25) is 10.0 Å². The van der Waals surface area contributed by atoms with Crippen molar-refractivity contribution in [3.05, 3.63) is 63.4 Å². The molecule has 0 heterocycles. The molecule has 2 aromatic carbocycles. The topological polar surface area (TPSA) is 37.3 Å². The Labute approximate surface area is 129 Å². The molecule has 2 nitrogen and oxygen atoms in total. The van der Waals surface area contributed by atoms with Gasteiger partial charge >= 0.3 is 5.97 Å². The van der Waals surface area contributed by atoms with Crippen molar-refractivity contribution < 1.29 is 14.3 Å². The van der Waals surface area contributed by atoms with E-state index in [2.05, 4.69) is 0 Å². The molecule has 20 heavy (non-hydrogen) atoms. The fourth-order valence-electron chi connectivity index (χ4n) is 1.59. The van der Waals surface area contributed by atoms with Gasteiger partial charge in [-0.1, -0.05) is 23.2 Å². The van der Waals surface area contributed by atoms with E-state index in [0.717, 1.165) is 11.0 Å². The second kappa shape index (κ2) is 6.48. The lowest BCUT2D eigenvalue weighted by Gasteiger charge is -2.05. The Balaban J connectivity index is 2.14. The highest BCUT2D eigenvalue weighted by molar-refractivity contribution is 7.98. The van der Waals surface area contributed by atoms with Crippen LogP contribution < -0.4 is 0 Å². The van der Waals surface area contributed by atoms with E-state index in [0.29, 0.717) is 21.4 Å². The fraction of sp³-hybridized carbons (Fsp3) is 0.0714. The molecule has 2 rings (SSSR count). The Hall–Kier alpha value is -1.23. The van der Waals surface area contributed by atoms with Crippen LogP contribution in [0.3, 0.4) is 0 Å². The van der Waals surface area contributed by atoms with Crippen LogP contribution in [0.1, 0.15) is 15.9 Å². The molecule has 2 aromatic rings. The summed E-state index contributed by atoms with van der Waals surface area (Å²) < 4.78 is 13.3. The van der Waals surface area contributed by atoms with E-state index in [4.69, 9.17) is 28.3 Å². The van der Waals surface area contributed by atoms with Crippen LogP contribution in [0.25, 0.3) is 0 Å². The number of hydrogen-bond acceptors (Lipinski definition) is 2. The Morgan fingerprint density at radius 1 is 1.15 bits per heavy atom. The van der Waals surface area contributed by atoms with Gasteiger partial charge in [0.1, 0.15) is 5.82 Å². The molecule has 0 fully saturated rings. The minimum Gasteiger partial charge on any atom is -0.478 e. The van der Waals surface area contributed by atoms with Gasteiger partial charge in [0.05, 0.1) is 15.6 Å². The minimum atomic E-state index is -1.15. The summed E-state index contributed by atoms with van der Waals surface area (Å²) >= 11 is 13.1. The zero-order valence-electron chi connectivity index (χ0n) is 10.1. The molecule has 0 saturated carbocycles. The van der Waals surface area contributed by atoms with Crippen LogP contribution in [0, 0.1) is 5.82 Å². The van der Waals surface area contributed by atoms with E-state index in [1.807, 2.05) is 0 Å². The van der Waals surface area contributed by atoms with Gasteiger partial charge in [0.25, 0.3) is 0 Å². The average molecular weight is 331 g/mol. The normalized spacial score (nSPS) is 10.6. The van der Waals surface area contributed by atoms with E-state index in [1.54, 1.807) is 18.2 Å². The van der Waals surface area contributed by atoms with Crippen LogP contribution in [-0.4, -0.2) is 11.1 Å². The predicted molar refractivity (Wildman–Crippen MR) is 79.4 cm³/mol. The van der Waals surface area contributed by atoms with Crippen molar-refractivity contribution in [2.45, 2.75) is 10.6 Å². The molecule has 0 aromatic heterocycles. The molecule has 6 heteroatoms. The molecule has 0 radical (unpaired) electrons. The van der Waals surface area contributed by atoms with Crippen LogP contribution >= 0.6 is 35.0 Å². The summed E-state index contributed by atoms with van der Waals surface area (Å²) in [6, 6.07) is 8.96. The number of aromatic carboxylic acids is 1. The number of halogens is 3. The van der Waals surface area contributed by atoms with Crippen molar-refractivity contribution in [3.63, 3.8) is 0 Å². The number of rotatable bonds is 4. The molecule has 0 bridgehead atoms. The third-order valence-corrected chi connectivity index (χ3v) is 4.31. The van der Waals surface area contributed by atoms with Crippen LogP contribution in [-0.2, 0) is 5.75 Å². The second-order valence-corrected chi connectivity index (χ2v) is 5.88. The maximum absolute atomic E-state index is 13.3. The zero-order valence-corrected chi connectivity index (χ0v) is 12.4. The molecule has 1 N–H and O–H groups in total. The van der Waals surface area contributed by atoms with Crippen molar-refractivity contribution in [2.24, 2.45) is 0 Å². The van der Waals surface area contributed by atoms with Crippen molar-refractivity contribution in [1.29, 1.82) is 0 Å². The lowest BCUT2D eigenvalue weighted by atomic mass is 10.1. The standard InChI is InChI=1S/C14H9Cl2FO2S/c15-12-2-1-11(6-13(12)16)20-7-8-3-9(14(18)19)5-10(17)4-8/h1-6H,7H2,(H,18,19). The Kier molecular flexibility index (Phi) is 4.91. The predicted octanol–water partition coefficient (Wildman–Crippen LogP) is 5.12. The summed E-state index contributed by atoms with van der Waals surface area (Å²) in [5.41, 5.74) is 0.535. The van der Waals surface area contributed by atoms with E-state index < -0.39 is 11.8 Å². The van der Waals surface area contributed by atoms with E-state index in [9.17, 15) is 9.18 Å². The summed E-state index contributed by atoms with van der Waals surface area (Å²) in [6.45, 7) is 0. The van der Waals surface area contributed by atoms with Crippen molar-refractivity contribution >= 4 is 40.9 Å². The van der Waals surface area contributed by atoms with Crippen LogP contribution in [0.15, 0.2) is 41.3 Å². The third-order valence-electron chi connectivity index (χ3n) is 2.50. The first-order valence-corrected chi connectivity index (χ1v) is 7.30. The zero-order chi connectivity index (χ0) is 14.7. The largest absolute Gasteiger partial charge is 0.478 e. The van der Waals surface area contributed by atoms with Crippen LogP contribution in [0.5, 0.6) is 0 Å². The van der Waals surface area contributed by atoms with Crippen molar-refractivity contribution in [1.82, 2.24) is 0 Å². The molecule has 0 aliphatic heterocycles. The minimum absolute atomic E-state index is 0.0604. The van der Waals surface area contributed by atoms with Crippen molar-refractivity contribution in [2.75, 3.05) is 0 Å².